The lowest BCUT2D eigenvalue weighted by atomic mass is 10.2. The normalized spacial score (nSPS) is 16.2. The van der Waals surface area contributed by atoms with E-state index in [-0.39, 0.29) is 14.4 Å². The van der Waals surface area contributed by atoms with E-state index >= 15 is 0 Å². The van der Waals surface area contributed by atoms with Crippen LogP contribution in [0, 0.1) is 0 Å². The van der Waals surface area contributed by atoms with Crippen LogP contribution >= 0.6 is 11.3 Å². The molecule has 2 heterocycles. The molecule has 1 fully saturated rings. The van der Waals surface area contributed by atoms with Gasteiger partial charge in [-0.15, -0.1) is 11.3 Å². The first-order valence-corrected chi connectivity index (χ1v) is 8.33. The topological polar surface area (TPSA) is 83.6 Å². The summed E-state index contributed by atoms with van der Waals surface area (Å²) in [5.74, 6) is -0.895. The van der Waals surface area contributed by atoms with Crippen LogP contribution in [0.5, 0.6) is 0 Å². The van der Waals surface area contributed by atoms with Crippen molar-refractivity contribution in [1.29, 1.82) is 0 Å². The van der Waals surface area contributed by atoms with E-state index in [0.717, 1.165) is 6.07 Å². The first kappa shape index (κ1) is 15.7. The molecule has 122 valence electrons. The maximum absolute atomic E-state index is 13.4. The van der Waals surface area contributed by atoms with Crippen LogP contribution in [-0.2, 0) is 21.0 Å². The summed E-state index contributed by atoms with van der Waals surface area (Å²) in [6.45, 7) is -0.841. The van der Waals surface area contributed by atoms with Gasteiger partial charge in [0.1, 0.15) is 6.54 Å². The number of benzene rings is 1. The molecule has 1 aromatic carbocycles. The molecule has 2 aromatic rings. The average Bonchev–Trinajstić information content (AvgIpc) is 2.98. The number of carbonyl (C=O) groups is 2. The maximum atomic E-state index is 13.4. The van der Waals surface area contributed by atoms with Crippen LogP contribution in [0.2, 0.25) is 0 Å². The summed E-state index contributed by atoms with van der Waals surface area (Å²) in [4.78, 5) is 22.7. The fourth-order valence-electron chi connectivity index (χ4n) is 2.19. The molecular weight excluding hydrogens is 357 g/mol. The van der Waals surface area contributed by atoms with Crippen LogP contribution in [0.3, 0.4) is 0 Å². The molecule has 0 saturated carbocycles. The van der Waals surface area contributed by atoms with Gasteiger partial charge in [-0.2, -0.15) is 13.2 Å². The molecule has 11 heteroatoms. The molecule has 3 rings (SSSR count). The third kappa shape index (κ3) is 2.45. The number of alkyl halides is 3. The lowest BCUT2D eigenvalue weighted by Gasteiger charge is -2.15. The quantitative estimate of drug-likeness (QED) is 0.828. The Morgan fingerprint density at radius 2 is 1.83 bits per heavy atom. The number of hydrogen-bond acceptors (Lipinski definition) is 5. The number of halogens is 3. The van der Waals surface area contributed by atoms with Crippen LogP contribution in [0.25, 0.3) is 10.1 Å². The Morgan fingerprint density at radius 3 is 2.39 bits per heavy atom. The number of hydrogen-bond donors (Lipinski definition) is 1. The van der Waals surface area contributed by atoms with Crippen LogP contribution in [0.1, 0.15) is 5.56 Å². The molecule has 1 saturated heterocycles. The van der Waals surface area contributed by atoms with Gasteiger partial charge in [-0.3, -0.25) is 10.1 Å². The zero-order valence-electron chi connectivity index (χ0n) is 11.0. The SMILES string of the molecule is O=C1CN(S(=O)(=O)c2sc3ccccc3c2C(F)(F)F)C(=O)N1. The van der Waals surface area contributed by atoms with E-state index in [2.05, 4.69) is 0 Å². The van der Waals surface area contributed by atoms with Crippen molar-refractivity contribution in [3.8, 4) is 0 Å². The van der Waals surface area contributed by atoms with Crippen molar-refractivity contribution in [3.63, 3.8) is 0 Å². The number of amides is 3. The van der Waals surface area contributed by atoms with Gasteiger partial charge < -0.3 is 0 Å². The van der Waals surface area contributed by atoms with Gasteiger partial charge in [0, 0.05) is 10.1 Å². The Labute approximate surface area is 131 Å². The highest BCUT2D eigenvalue weighted by atomic mass is 32.2. The molecule has 1 aliphatic heterocycles. The van der Waals surface area contributed by atoms with Gasteiger partial charge in [0.25, 0.3) is 10.0 Å². The predicted octanol–water partition coefficient (Wildman–Crippen LogP) is 2.16. The van der Waals surface area contributed by atoms with E-state index in [4.69, 9.17) is 0 Å². The van der Waals surface area contributed by atoms with Crippen molar-refractivity contribution in [2.45, 2.75) is 10.4 Å². The van der Waals surface area contributed by atoms with Crippen LogP contribution in [0.15, 0.2) is 28.5 Å². The monoisotopic (exact) mass is 364 g/mol. The molecule has 3 amide bonds. The molecular formula is C12H7F3N2O4S2. The maximum Gasteiger partial charge on any atom is 0.419 e. The van der Waals surface area contributed by atoms with Gasteiger partial charge in [0.05, 0.1) is 5.56 Å². The highest BCUT2D eigenvalue weighted by Crippen LogP contribution is 2.45. The van der Waals surface area contributed by atoms with Crippen molar-refractivity contribution < 1.29 is 31.2 Å². The Morgan fingerprint density at radius 1 is 1.17 bits per heavy atom. The molecule has 1 aromatic heterocycles. The second-order valence-corrected chi connectivity index (χ2v) is 7.73. The third-order valence-electron chi connectivity index (χ3n) is 3.13. The van der Waals surface area contributed by atoms with Gasteiger partial charge in [-0.25, -0.2) is 17.5 Å². The van der Waals surface area contributed by atoms with E-state index in [1.54, 1.807) is 5.32 Å². The number of carbonyl (C=O) groups excluding carboxylic acids is 2. The largest absolute Gasteiger partial charge is 0.419 e. The van der Waals surface area contributed by atoms with E-state index in [1.165, 1.54) is 18.2 Å². The van der Waals surface area contributed by atoms with E-state index in [9.17, 15) is 31.2 Å². The van der Waals surface area contributed by atoms with Crippen molar-refractivity contribution in [1.82, 2.24) is 9.62 Å². The summed E-state index contributed by atoms with van der Waals surface area (Å²) in [6.07, 6.45) is -4.93. The van der Waals surface area contributed by atoms with Gasteiger partial charge in [0.15, 0.2) is 4.21 Å². The minimum absolute atomic E-state index is 0.106. The summed E-state index contributed by atoms with van der Waals surface area (Å²) < 4.78 is 64.2. The number of nitrogens with zero attached hydrogens (tertiary/aromatic N) is 1. The number of urea groups is 1. The molecule has 23 heavy (non-hydrogen) atoms. The minimum atomic E-state index is -4.93. The average molecular weight is 364 g/mol. The highest BCUT2D eigenvalue weighted by Gasteiger charge is 2.46. The van der Waals surface area contributed by atoms with Gasteiger partial charge in [0.2, 0.25) is 5.91 Å². The highest BCUT2D eigenvalue weighted by molar-refractivity contribution is 7.92. The molecule has 0 bridgehead atoms. The second-order valence-electron chi connectivity index (χ2n) is 4.62. The summed E-state index contributed by atoms with van der Waals surface area (Å²) in [5, 5.41) is 1.46. The number of sulfonamides is 1. The molecule has 6 nitrogen and oxygen atoms in total. The van der Waals surface area contributed by atoms with Crippen molar-refractivity contribution >= 4 is 43.4 Å². The van der Waals surface area contributed by atoms with Crippen molar-refractivity contribution in [3.05, 3.63) is 29.8 Å². The summed E-state index contributed by atoms with van der Waals surface area (Å²) in [6, 6.07) is 4.07. The van der Waals surface area contributed by atoms with Crippen molar-refractivity contribution in [2.24, 2.45) is 0 Å². The minimum Gasteiger partial charge on any atom is -0.275 e. The predicted molar refractivity (Wildman–Crippen MR) is 74.3 cm³/mol. The first-order valence-electron chi connectivity index (χ1n) is 6.07. The number of imide groups is 1. The fourth-order valence-corrected chi connectivity index (χ4v) is 5.34. The molecule has 0 aliphatic carbocycles. The molecule has 1 aliphatic rings. The zero-order valence-corrected chi connectivity index (χ0v) is 12.7. The number of thiophene rings is 1. The lowest BCUT2D eigenvalue weighted by molar-refractivity contribution is -0.138. The summed E-state index contributed by atoms with van der Waals surface area (Å²) in [5.41, 5.74) is -1.33. The molecule has 0 spiro atoms. The molecule has 0 atom stereocenters. The smallest absolute Gasteiger partial charge is 0.275 e. The van der Waals surface area contributed by atoms with Gasteiger partial charge >= 0.3 is 12.2 Å². The zero-order chi connectivity index (χ0) is 17.0. The Hall–Kier alpha value is -2.14. The third-order valence-corrected chi connectivity index (χ3v) is 6.53. The van der Waals surface area contributed by atoms with Crippen molar-refractivity contribution in [2.75, 3.05) is 6.54 Å². The fraction of sp³-hybridized carbons (Fsp3) is 0.167. The summed E-state index contributed by atoms with van der Waals surface area (Å²) in [7, 11) is -4.80. The van der Waals surface area contributed by atoms with Gasteiger partial charge in [-0.1, -0.05) is 18.2 Å². The Bertz CT molecular complexity index is 933. The molecule has 0 radical (unpaired) electrons. The molecule has 0 unspecified atom stereocenters. The Balaban J connectivity index is 2.27. The number of rotatable bonds is 2. The van der Waals surface area contributed by atoms with Crippen LogP contribution < -0.4 is 5.32 Å². The number of nitrogens with one attached hydrogen (secondary N) is 1. The van der Waals surface area contributed by atoms with Crippen LogP contribution in [0.4, 0.5) is 18.0 Å². The standard InChI is InChI=1S/C12H7F3N2O4S2/c13-12(14,15)9-6-3-1-2-4-7(6)22-10(9)23(20,21)17-5-8(18)16-11(17)19/h1-4H,5H2,(H,16,18,19). The second kappa shape index (κ2) is 4.93. The van der Waals surface area contributed by atoms with E-state index in [0.29, 0.717) is 11.3 Å². The molecule has 1 N–H and O–H groups in total. The van der Waals surface area contributed by atoms with Crippen LogP contribution in [-0.4, -0.2) is 31.2 Å². The first-order chi connectivity index (χ1) is 10.6. The van der Waals surface area contributed by atoms with E-state index < -0.39 is 44.5 Å². The number of fused-ring (bicyclic) bond motifs is 1. The van der Waals surface area contributed by atoms with E-state index in [1.807, 2.05) is 0 Å². The summed E-state index contributed by atoms with van der Waals surface area (Å²) >= 11 is 0.407. The van der Waals surface area contributed by atoms with Gasteiger partial charge in [-0.05, 0) is 6.07 Å². The lowest BCUT2D eigenvalue weighted by Crippen LogP contribution is -2.34. The Kier molecular flexibility index (Phi) is 3.37.